The van der Waals surface area contributed by atoms with E-state index in [0.717, 1.165) is 0 Å². The Morgan fingerprint density at radius 1 is 1.61 bits per heavy atom. The number of rotatable bonds is 4. The largest absolute Gasteiger partial charge is 0.393 e. The number of nitrogens with two attached hydrogens (primary N) is 1. The molecule has 1 amide bonds. The normalized spacial score (nSPS) is 12.0. The van der Waals surface area contributed by atoms with Crippen LogP contribution in [0.3, 0.4) is 0 Å². The van der Waals surface area contributed by atoms with Gasteiger partial charge in [-0.3, -0.25) is 4.79 Å². The molecule has 3 nitrogen and oxygen atoms in total. The van der Waals surface area contributed by atoms with Crippen LogP contribution in [0.4, 0.5) is 10.1 Å². The van der Waals surface area contributed by atoms with Gasteiger partial charge >= 0.3 is 0 Å². The summed E-state index contributed by atoms with van der Waals surface area (Å²) in [6.45, 7) is 3.55. The average molecular weight is 333 g/mol. The zero-order valence-corrected chi connectivity index (χ0v) is 12.5. The van der Waals surface area contributed by atoms with Crippen LogP contribution in [0.1, 0.15) is 18.9 Å². The minimum atomic E-state index is -0.511. The molecule has 98 valence electrons. The Morgan fingerprint density at radius 3 is 2.72 bits per heavy atom. The first kappa shape index (κ1) is 15.0. The van der Waals surface area contributed by atoms with Crippen molar-refractivity contribution >= 4 is 44.7 Å². The van der Waals surface area contributed by atoms with Crippen LogP contribution in [0.2, 0.25) is 0 Å². The van der Waals surface area contributed by atoms with Gasteiger partial charge in [-0.25, -0.2) is 4.39 Å². The molecular formula is C12H14BrFN2OS. The molecule has 0 aliphatic heterocycles. The molecule has 0 fully saturated rings. The average Bonchev–Trinajstić information content (AvgIpc) is 2.26. The molecule has 0 aromatic heterocycles. The number of benzene rings is 1. The molecule has 0 aliphatic carbocycles. The molecule has 0 aliphatic rings. The molecule has 0 saturated carbocycles. The summed E-state index contributed by atoms with van der Waals surface area (Å²) in [5, 5.41) is 2.71. The minimum Gasteiger partial charge on any atom is -0.393 e. The maximum atomic E-state index is 13.2. The second-order valence-electron chi connectivity index (χ2n) is 3.93. The number of amides is 1. The molecule has 1 aromatic carbocycles. The number of hydrogen-bond acceptors (Lipinski definition) is 2. The Hall–Kier alpha value is -1.01. The van der Waals surface area contributed by atoms with Gasteiger partial charge in [0.2, 0.25) is 5.91 Å². The van der Waals surface area contributed by atoms with E-state index >= 15 is 0 Å². The first-order chi connectivity index (χ1) is 8.36. The van der Waals surface area contributed by atoms with Gasteiger partial charge in [0.05, 0.1) is 15.4 Å². The quantitative estimate of drug-likeness (QED) is 0.833. The van der Waals surface area contributed by atoms with Crippen LogP contribution < -0.4 is 11.1 Å². The number of aryl methyl sites for hydroxylation is 1. The Morgan fingerprint density at radius 2 is 2.22 bits per heavy atom. The van der Waals surface area contributed by atoms with Crippen molar-refractivity contribution in [3.8, 4) is 0 Å². The van der Waals surface area contributed by atoms with Crippen molar-refractivity contribution in [2.24, 2.45) is 11.7 Å². The van der Waals surface area contributed by atoms with Crippen LogP contribution in [0, 0.1) is 18.7 Å². The first-order valence-electron chi connectivity index (χ1n) is 5.42. The second-order valence-corrected chi connectivity index (χ2v) is 5.26. The molecule has 1 aromatic rings. The number of thiocarbonyl (C=S) groups is 1. The summed E-state index contributed by atoms with van der Waals surface area (Å²) in [7, 11) is 0. The molecule has 1 rings (SSSR count). The minimum absolute atomic E-state index is 0.161. The van der Waals surface area contributed by atoms with Crippen LogP contribution in [-0.4, -0.2) is 10.9 Å². The molecule has 0 bridgehead atoms. The lowest BCUT2D eigenvalue weighted by Crippen LogP contribution is -2.32. The van der Waals surface area contributed by atoms with E-state index in [0.29, 0.717) is 22.1 Å². The standard InChI is InChI=1S/C12H14BrFN2OS/c1-3-7(11(15)18)12(17)16-10-5-8(13)9(14)4-6(10)2/h4-5,7H,3H2,1-2H3,(H2,15,18)(H,16,17). The van der Waals surface area contributed by atoms with Gasteiger partial charge in [0.1, 0.15) is 5.82 Å². The number of halogens is 2. The van der Waals surface area contributed by atoms with E-state index in [2.05, 4.69) is 21.2 Å². The highest BCUT2D eigenvalue weighted by Gasteiger charge is 2.20. The van der Waals surface area contributed by atoms with E-state index in [1.165, 1.54) is 12.1 Å². The molecule has 0 saturated heterocycles. The van der Waals surface area contributed by atoms with Crippen LogP contribution in [0.25, 0.3) is 0 Å². The summed E-state index contributed by atoms with van der Waals surface area (Å²) >= 11 is 7.91. The van der Waals surface area contributed by atoms with Gasteiger partial charge in [0.25, 0.3) is 0 Å². The Balaban J connectivity index is 2.94. The molecule has 0 heterocycles. The highest BCUT2D eigenvalue weighted by atomic mass is 79.9. The number of nitrogens with one attached hydrogen (secondary N) is 1. The monoisotopic (exact) mass is 332 g/mol. The lowest BCUT2D eigenvalue weighted by atomic mass is 10.1. The Bertz CT molecular complexity index is 493. The molecule has 1 atom stereocenters. The van der Waals surface area contributed by atoms with Crippen molar-refractivity contribution in [1.82, 2.24) is 0 Å². The van der Waals surface area contributed by atoms with Gasteiger partial charge in [0.15, 0.2) is 0 Å². The van der Waals surface area contributed by atoms with E-state index < -0.39 is 5.92 Å². The fraction of sp³-hybridized carbons (Fsp3) is 0.333. The van der Waals surface area contributed by atoms with Crippen molar-refractivity contribution in [3.63, 3.8) is 0 Å². The predicted octanol–water partition coefficient (Wildman–Crippen LogP) is 3.15. The molecule has 0 spiro atoms. The van der Waals surface area contributed by atoms with E-state index in [4.69, 9.17) is 18.0 Å². The van der Waals surface area contributed by atoms with Crippen molar-refractivity contribution in [1.29, 1.82) is 0 Å². The Kier molecular flexibility index (Phi) is 5.22. The molecule has 6 heteroatoms. The fourth-order valence-electron chi connectivity index (χ4n) is 1.52. The van der Waals surface area contributed by atoms with Crippen LogP contribution in [-0.2, 0) is 4.79 Å². The molecule has 3 N–H and O–H groups in total. The van der Waals surface area contributed by atoms with E-state index in [-0.39, 0.29) is 16.7 Å². The van der Waals surface area contributed by atoms with Gasteiger partial charge in [-0.05, 0) is 47.0 Å². The van der Waals surface area contributed by atoms with Crippen LogP contribution in [0.15, 0.2) is 16.6 Å². The summed E-state index contributed by atoms with van der Waals surface area (Å²) in [5.41, 5.74) is 6.68. The molecule has 1 unspecified atom stereocenters. The van der Waals surface area contributed by atoms with Gasteiger partial charge in [-0.15, -0.1) is 0 Å². The zero-order chi connectivity index (χ0) is 13.9. The summed E-state index contributed by atoms with van der Waals surface area (Å²) < 4.78 is 13.5. The molecule has 18 heavy (non-hydrogen) atoms. The number of anilines is 1. The van der Waals surface area contributed by atoms with E-state index in [1.807, 2.05) is 6.92 Å². The number of carbonyl (C=O) groups is 1. The van der Waals surface area contributed by atoms with Crippen molar-refractivity contribution in [2.45, 2.75) is 20.3 Å². The highest BCUT2D eigenvalue weighted by molar-refractivity contribution is 9.10. The zero-order valence-electron chi connectivity index (χ0n) is 10.1. The van der Waals surface area contributed by atoms with Gasteiger partial charge < -0.3 is 11.1 Å². The first-order valence-corrected chi connectivity index (χ1v) is 6.62. The van der Waals surface area contributed by atoms with E-state index in [9.17, 15) is 9.18 Å². The van der Waals surface area contributed by atoms with Crippen molar-refractivity contribution < 1.29 is 9.18 Å². The lowest BCUT2D eigenvalue weighted by Gasteiger charge is -2.15. The van der Waals surface area contributed by atoms with Gasteiger partial charge in [-0.2, -0.15) is 0 Å². The topological polar surface area (TPSA) is 55.1 Å². The maximum absolute atomic E-state index is 13.2. The maximum Gasteiger partial charge on any atom is 0.234 e. The Labute approximate surface area is 119 Å². The van der Waals surface area contributed by atoms with Gasteiger partial charge in [0, 0.05) is 5.69 Å². The third kappa shape index (κ3) is 3.49. The second kappa shape index (κ2) is 6.24. The predicted molar refractivity (Wildman–Crippen MR) is 78.0 cm³/mol. The van der Waals surface area contributed by atoms with E-state index in [1.54, 1.807) is 6.92 Å². The summed E-state index contributed by atoms with van der Waals surface area (Å²) in [4.78, 5) is 12.1. The van der Waals surface area contributed by atoms with Crippen molar-refractivity contribution in [3.05, 3.63) is 28.0 Å². The summed E-state index contributed by atoms with van der Waals surface area (Å²) in [6, 6.07) is 2.87. The highest BCUT2D eigenvalue weighted by Crippen LogP contribution is 2.24. The summed E-state index contributed by atoms with van der Waals surface area (Å²) in [6.07, 6.45) is 0.530. The SMILES string of the molecule is CCC(C(=O)Nc1cc(Br)c(F)cc1C)C(N)=S. The van der Waals surface area contributed by atoms with Crippen LogP contribution in [0.5, 0.6) is 0 Å². The lowest BCUT2D eigenvalue weighted by molar-refractivity contribution is -0.118. The third-order valence-electron chi connectivity index (χ3n) is 2.59. The van der Waals surface area contributed by atoms with Crippen LogP contribution >= 0.6 is 28.1 Å². The third-order valence-corrected chi connectivity index (χ3v) is 3.49. The summed E-state index contributed by atoms with van der Waals surface area (Å²) in [5.74, 6) is -1.15. The molecule has 0 radical (unpaired) electrons. The number of carbonyl (C=O) groups excluding carboxylic acids is 1. The number of hydrogen-bond donors (Lipinski definition) is 2. The fourth-order valence-corrected chi connectivity index (χ4v) is 2.13. The molecular weight excluding hydrogens is 319 g/mol. The van der Waals surface area contributed by atoms with Crippen molar-refractivity contribution in [2.75, 3.05) is 5.32 Å². The smallest absolute Gasteiger partial charge is 0.234 e. The van der Waals surface area contributed by atoms with Gasteiger partial charge in [-0.1, -0.05) is 19.1 Å².